The average molecular weight is 275 g/mol. The van der Waals surface area contributed by atoms with Crippen molar-refractivity contribution in [1.82, 2.24) is 4.98 Å². The maximum atomic E-state index is 4.23. The van der Waals surface area contributed by atoms with E-state index in [4.69, 9.17) is 0 Å². The summed E-state index contributed by atoms with van der Waals surface area (Å²) in [5.74, 6) is 0. The molecule has 0 spiro atoms. The minimum Gasteiger partial charge on any atom is -0.264 e. The van der Waals surface area contributed by atoms with Crippen molar-refractivity contribution in [3.05, 3.63) is 66.5 Å². The highest BCUT2D eigenvalue weighted by molar-refractivity contribution is 7.25. The summed E-state index contributed by atoms with van der Waals surface area (Å²) in [6.45, 7) is 2.12. The van der Waals surface area contributed by atoms with Crippen LogP contribution in [-0.2, 0) is 0 Å². The molecule has 2 aromatic carbocycles. The molecule has 0 aliphatic heterocycles. The normalized spacial score (nSPS) is 11.2. The third-order valence-corrected chi connectivity index (χ3v) is 4.79. The lowest BCUT2D eigenvalue weighted by atomic mass is 10.0. The zero-order chi connectivity index (χ0) is 13.5. The Hall–Kier alpha value is -2.19. The predicted molar refractivity (Wildman–Crippen MR) is 87.3 cm³/mol. The van der Waals surface area contributed by atoms with Crippen LogP contribution in [0.2, 0.25) is 0 Å². The zero-order valence-electron chi connectivity index (χ0n) is 11.1. The van der Waals surface area contributed by atoms with Gasteiger partial charge in [-0.05, 0) is 30.2 Å². The van der Waals surface area contributed by atoms with E-state index in [1.807, 2.05) is 23.7 Å². The molecule has 0 saturated heterocycles. The lowest BCUT2D eigenvalue weighted by Crippen LogP contribution is -1.78. The van der Waals surface area contributed by atoms with E-state index in [1.165, 1.54) is 36.9 Å². The van der Waals surface area contributed by atoms with E-state index in [1.54, 1.807) is 0 Å². The Morgan fingerprint density at radius 1 is 0.800 bits per heavy atom. The SMILES string of the molecule is Cc1ccc(-c2ccc3c(c2)sc2ccncc23)cc1. The van der Waals surface area contributed by atoms with Gasteiger partial charge in [0.1, 0.15) is 0 Å². The zero-order valence-corrected chi connectivity index (χ0v) is 11.9. The number of rotatable bonds is 1. The van der Waals surface area contributed by atoms with Gasteiger partial charge in [0.05, 0.1) is 0 Å². The summed E-state index contributed by atoms with van der Waals surface area (Å²) in [4.78, 5) is 4.23. The Balaban J connectivity index is 1.94. The lowest BCUT2D eigenvalue weighted by molar-refractivity contribution is 1.37. The maximum Gasteiger partial charge on any atom is 0.0386 e. The minimum absolute atomic E-state index is 1.25. The first kappa shape index (κ1) is 11.6. The van der Waals surface area contributed by atoms with Crippen molar-refractivity contribution in [3.63, 3.8) is 0 Å². The fourth-order valence-electron chi connectivity index (χ4n) is 2.55. The molecule has 96 valence electrons. The Labute approximate surface area is 121 Å². The molecule has 0 fully saturated rings. The van der Waals surface area contributed by atoms with E-state index in [-0.39, 0.29) is 0 Å². The maximum absolute atomic E-state index is 4.23. The van der Waals surface area contributed by atoms with Crippen LogP contribution in [0.3, 0.4) is 0 Å². The van der Waals surface area contributed by atoms with Crippen LogP contribution in [-0.4, -0.2) is 4.98 Å². The fraction of sp³-hybridized carbons (Fsp3) is 0.0556. The van der Waals surface area contributed by atoms with Gasteiger partial charge in [-0.15, -0.1) is 11.3 Å². The third-order valence-electron chi connectivity index (χ3n) is 3.66. The topological polar surface area (TPSA) is 12.9 Å². The Morgan fingerprint density at radius 2 is 1.60 bits per heavy atom. The van der Waals surface area contributed by atoms with E-state index in [2.05, 4.69) is 60.4 Å². The number of pyridine rings is 1. The molecular weight excluding hydrogens is 262 g/mol. The monoisotopic (exact) mass is 275 g/mol. The molecule has 0 radical (unpaired) electrons. The predicted octanol–water partition coefficient (Wildman–Crippen LogP) is 5.42. The van der Waals surface area contributed by atoms with Gasteiger partial charge in [-0.25, -0.2) is 0 Å². The first-order valence-corrected chi connectivity index (χ1v) is 7.46. The summed E-state index contributed by atoms with van der Waals surface area (Å²) in [5.41, 5.74) is 3.84. The van der Waals surface area contributed by atoms with Gasteiger partial charge in [0.25, 0.3) is 0 Å². The number of aryl methyl sites for hydroxylation is 1. The molecule has 0 unspecified atom stereocenters. The number of fused-ring (bicyclic) bond motifs is 3. The molecule has 0 bridgehead atoms. The Morgan fingerprint density at radius 3 is 2.45 bits per heavy atom. The molecular formula is C18H13NS. The second-order valence-corrected chi connectivity index (χ2v) is 6.13. The van der Waals surface area contributed by atoms with E-state index >= 15 is 0 Å². The van der Waals surface area contributed by atoms with E-state index in [9.17, 15) is 0 Å². The van der Waals surface area contributed by atoms with Gasteiger partial charge in [-0.3, -0.25) is 4.98 Å². The van der Waals surface area contributed by atoms with Gasteiger partial charge in [0.15, 0.2) is 0 Å². The number of aromatic nitrogens is 1. The number of hydrogen-bond donors (Lipinski definition) is 0. The second-order valence-electron chi connectivity index (χ2n) is 5.05. The smallest absolute Gasteiger partial charge is 0.0386 e. The number of benzene rings is 2. The van der Waals surface area contributed by atoms with Crippen LogP contribution in [0.1, 0.15) is 5.56 Å². The van der Waals surface area contributed by atoms with Crippen LogP contribution in [0.4, 0.5) is 0 Å². The number of thiophene rings is 1. The summed E-state index contributed by atoms with van der Waals surface area (Å²) in [5, 5.41) is 2.55. The van der Waals surface area contributed by atoms with E-state index < -0.39 is 0 Å². The van der Waals surface area contributed by atoms with Crippen molar-refractivity contribution < 1.29 is 0 Å². The Bertz CT molecular complexity index is 904. The van der Waals surface area contributed by atoms with Gasteiger partial charge in [-0.2, -0.15) is 0 Å². The molecule has 0 amide bonds. The molecule has 0 aliphatic carbocycles. The standard InChI is InChI=1S/C18H13NS/c1-12-2-4-13(5-3-12)14-6-7-15-16-11-19-9-8-17(16)20-18(15)10-14/h2-11H,1H3. The highest BCUT2D eigenvalue weighted by Gasteiger charge is 2.06. The quantitative estimate of drug-likeness (QED) is 0.451. The third kappa shape index (κ3) is 1.81. The summed E-state index contributed by atoms with van der Waals surface area (Å²) in [6, 6.07) is 17.5. The fourth-order valence-corrected chi connectivity index (χ4v) is 3.66. The van der Waals surface area contributed by atoms with Crippen molar-refractivity contribution >= 4 is 31.5 Å². The van der Waals surface area contributed by atoms with Crippen molar-refractivity contribution in [2.45, 2.75) is 6.92 Å². The van der Waals surface area contributed by atoms with Gasteiger partial charge in [-0.1, -0.05) is 42.0 Å². The van der Waals surface area contributed by atoms with Gasteiger partial charge >= 0.3 is 0 Å². The second kappa shape index (κ2) is 4.43. The average Bonchev–Trinajstić information content (AvgIpc) is 2.85. The molecule has 0 N–H and O–H groups in total. The Kier molecular flexibility index (Phi) is 2.57. The summed E-state index contributed by atoms with van der Waals surface area (Å²) in [6.07, 6.45) is 3.82. The van der Waals surface area contributed by atoms with Crippen LogP contribution < -0.4 is 0 Å². The summed E-state index contributed by atoms with van der Waals surface area (Å²) in [7, 11) is 0. The molecule has 0 aliphatic rings. The van der Waals surface area contributed by atoms with Gasteiger partial charge in [0.2, 0.25) is 0 Å². The van der Waals surface area contributed by atoms with Gasteiger partial charge in [0, 0.05) is 32.6 Å². The van der Waals surface area contributed by atoms with E-state index in [0.29, 0.717) is 0 Å². The van der Waals surface area contributed by atoms with Gasteiger partial charge < -0.3 is 0 Å². The van der Waals surface area contributed by atoms with E-state index in [0.717, 1.165) is 0 Å². The molecule has 1 nitrogen and oxygen atoms in total. The van der Waals surface area contributed by atoms with Crippen molar-refractivity contribution in [3.8, 4) is 11.1 Å². The highest BCUT2D eigenvalue weighted by Crippen LogP contribution is 2.35. The molecule has 2 heterocycles. The summed E-state index contributed by atoms with van der Waals surface area (Å²) >= 11 is 1.83. The molecule has 2 heteroatoms. The number of nitrogens with zero attached hydrogens (tertiary/aromatic N) is 1. The van der Waals surface area contributed by atoms with Crippen LogP contribution in [0.5, 0.6) is 0 Å². The number of hydrogen-bond acceptors (Lipinski definition) is 2. The molecule has 2 aromatic heterocycles. The first-order chi connectivity index (χ1) is 9.81. The lowest BCUT2D eigenvalue weighted by Gasteiger charge is -2.02. The van der Waals surface area contributed by atoms with Crippen molar-refractivity contribution in [2.75, 3.05) is 0 Å². The highest BCUT2D eigenvalue weighted by atomic mass is 32.1. The van der Waals surface area contributed by atoms with Crippen LogP contribution in [0.15, 0.2) is 60.9 Å². The van der Waals surface area contributed by atoms with Crippen LogP contribution in [0, 0.1) is 6.92 Å². The van der Waals surface area contributed by atoms with Crippen LogP contribution >= 0.6 is 11.3 Å². The first-order valence-electron chi connectivity index (χ1n) is 6.64. The molecule has 20 heavy (non-hydrogen) atoms. The largest absolute Gasteiger partial charge is 0.264 e. The van der Waals surface area contributed by atoms with Crippen LogP contribution in [0.25, 0.3) is 31.3 Å². The summed E-state index contributed by atoms with van der Waals surface area (Å²) < 4.78 is 2.63. The molecule has 0 atom stereocenters. The van der Waals surface area contributed by atoms with Crippen molar-refractivity contribution in [2.24, 2.45) is 0 Å². The molecule has 4 aromatic rings. The van der Waals surface area contributed by atoms with Crippen molar-refractivity contribution in [1.29, 1.82) is 0 Å². The molecule has 4 rings (SSSR count). The minimum atomic E-state index is 1.25. The molecule has 0 saturated carbocycles.